The molecule has 2 aromatic heterocycles. The topological polar surface area (TPSA) is 55.6 Å². The molecule has 0 fully saturated rings. The zero-order valence-electron chi connectivity index (χ0n) is 10.6. The predicted octanol–water partition coefficient (Wildman–Crippen LogP) is 2.33. The van der Waals surface area contributed by atoms with Gasteiger partial charge in [-0.1, -0.05) is 0 Å². The monoisotopic (exact) mass is 329 g/mol. The van der Waals surface area contributed by atoms with E-state index < -0.39 is 0 Å². The fourth-order valence-electron chi connectivity index (χ4n) is 1.94. The van der Waals surface area contributed by atoms with Gasteiger partial charge >= 0.3 is 0 Å². The molecule has 0 aromatic carbocycles. The molecule has 18 heavy (non-hydrogen) atoms. The molecule has 0 aliphatic heterocycles. The van der Waals surface area contributed by atoms with E-state index in [-0.39, 0.29) is 6.04 Å². The van der Waals surface area contributed by atoms with E-state index >= 15 is 0 Å². The number of hydrogen-bond acceptors (Lipinski definition) is 5. The van der Waals surface area contributed by atoms with Gasteiger partial charge < -0.3 is 5.32 Å². The van der Waals surface area contributed by atoms with Crippen LogP contribution in [0.2, 0.25) is 0 Å². The van der Waals surface area contributed by atoms with Crippen LogP contribution in [0.3, 0.4) is 0 Å². The van der Waals surface area contributed by atoms with Gasteiger partial charge in [0, 0.05) is 13.0 Å². The van der Waals surface area contributed by atoms with Gasteiger partial charge in [0.2, 0.25) is 0 Å². The summed E-state index contributed by atoms with van der Waals surface area (Å²) in [5.74, 6) is 0. The molecular weight excluding hydrogens is 314 g/mol. The molecule has 1 unspecified atom stereocenters. The number of likely N-dealkylation sites (N-methyl/N-ethyl adjacent to an activating group) is 1. The summed E-state index contributed by atoms with van der Waals surface area (Å²) in [6, 6.07) is 0.168. The highest BCUT2D eigenvalue weighted by Crippen LogP contribution is 2.25. The fraction of sp³-hybridized carbons (Fsp3) is 0.545. The Hall–Kier alpha value is -0.790. The maximum atomic E-state index is 4.51. The van der Waals surface area contributed by atoms with Gasteiger partial charge in [0.25, 0.3) is 0 Å². The van der Waals surface area contributed by atoms with E-state index in [0.29, 0.717) is 0 Å². The lowest BCUT2D eigenvalue weighted by molar-refractivity contribution is 0.533. The van der Waals surface area contributed by atoms with Crippen molar-refractivity contribution in [3.8, 4) is 0 Å². The normalized spacial score (nSPS) is 12.9. The van der Waals surface area contributed by atoms with E-state index in [0.717, 1.165) is 28.8 Å². The van der Waals surface area contributed by atoms with Crippen molar-refractivity contribution in [3.63, 3.8) is 0 Å². The summed E-state index contributed by atoms with van der Waals surface area (Å²) >= 11 is 4.86. The Morgan fingerprint density at radius 3 is 2.89 bits per heavy atom. The summed E-state index contributed by atoms with van der Waals surface area (Å²) in [6.07, 6.45) is 2.66. The van der Waals surface area contributed by atoms with Crippen LogP contribution in [0.15, 0.2) is 10.7 Å². The van der Waals surface area contributed by atoms with Crippen molar-refractivity contribution >= 4 is 27.7 Å². The first-order valence-electron chi connectivity index (χ1n) is 5.83. The van der Waals surface area contributed by atoms with Gasteiger partial charge in [-0.3, -0.25) is 4.68 Å². The average molecular weight is 330 g/mol. The van der Waals surface area contributed by atoms with Crippen LogP contribution in [0.4, 0.5) is 0 Å². The van der Waals surface area contributed by atoms with Gasteiger partial charge in [-0.2, -0.15) is 13.8 Å². The zero-order valence-corrected chi connectivity index (χ0v) is 13.0. The van der Waals surface area contributed by atoms with Gasteiger partial charge in [0.15, 0.2) is 0 Å². The average Bonchev–Trinajstić information content (AvgIpc) is 2.98. The van der Waals surface area contributed by atoms with Crippen molar-refractivity contribution in [2.75, 3.05) is 7.05 Å². The van der Waals surface area contributed by atoms with Crippen LogP contribution >= 0.6 is 27.7 Å². The Bertz CT molecular complexity index is 508. The SMILES string of the molecule is CCn1nc(C)c(Br)c1CC(NC)c1cnsn1. The van der Waals surface area contributed by atoms with Gasteiger partial charge in [0.05, 0.1) is 45.5 Å². The second-order valence-electron chi connectivity index (χ2n) is 4.04. The Balaban J connectivity index is 2.27. The lowest BCUT2D eigenvalue weighted by atomic mass is 10.1. The number of aromatic nitrogens is 4. The third-order valence-electron chi connectivity index (χ3n) is 2.93. The molecule has 98 valence electrons. The Morgan fingerprint density at radius 1 is 1.56 bits per heavy atom. The van der Waals surface area contributed by atoms with Crippen LogP contribution in [0.25, 0.3) is 0 Å². The molecule has 1 N–H and O–H groups in total. The molecule has 0 amide bonds. The van der Waals surface area contributed by atoms with E-state index in [2.05, 4.69) is 42.0 Å². The van der Waals surface area contributed by atoms with Crippen LogP contribution in [0.5, 0.6) is 0 Å². The van der Waals surface area contributed by atoms with Crippen molar-refractivity contribution in [2.45, 2.75) is 32.9 Å². The largest absolute Gasteiger partial charge is 0.311 e. The molecule has 2 heterocycles. The molecule has 0 saturated carbocycles. The molecular formula is C11H16BrN5S. The maximum Gasteiger partial charge on any atom is 0.0916 e. The summed E-state index contributed by atoms with van der Waals surface area (Å²) in [6.45, 7) is 4.98. The van der Waals surface area contributed by atoms with Crippen LogP contribution in [-0.4, -0.2) is 25.6 Å². The van der Waals surface area contributed by atoms with Crippen LogP contribution in [0, 0.1) is 6.92 Å². The molecule has 2 aromatic rings. The standard InChI is InChI=1S/C11H16BrN5S/c1-4-17-10(11(12)7(2)15-17)5-8(13-3)9-6-14-18-16-9/h6,8,13H,4-5H2,1-3H3. The highest BCUT2D eigenvalue weighted by molar-refractivity contribution is 9.10. The lowest BCUT2D eigenvalue weighted by Crippen LogP contribution is -2.21. The van der Waals surface area contributed by atoms with Gasteiger partial charge in [0.1, 0.15) is 0 Å². The third-order valence-corrected chi connectivity index (χ3v) is 4.46. The van der Waals surface area contributed by atoms with Crippen LogP contribution < -0.4 is 5.32 Å². The molecule has 0 aliphatic carbocycles. The second kappa shape index (κ2) is 5.90. The molecule has 1 atom stereocenters. The Morgan fingerprint density at radius 2 is 2.33 bits per heavy atom. The van der Waals surface area contributed by atoms with Gasteiger partial charge in [-0.25, -0.2) is 0 Å². The molecule has 0 spiro atoms. The summed E-state index contributed by atoms with van der Waals surface area (Å²) in [7, 11) is 1.94. The molecule has 0 aliphatic rings. The highest BCUT2D eigenvalue weighted by atomic mass is 79.9. The van der Waals surface area contributed by atoms with Crippen molar-refractivity contribution in [1.82, 2.24) is 23.8 Å². The first kappa shape index (κ1) is 13.6. The molecule has 0 radical (unpaired) electrons. The first-order valence-corrected chi connectivity index (χ1v) is 7.36. The summed E-state index contributed by atoms with van der Waals surface area (Å²) in [4.78, 5) is 0. The zero-order chi connectivity index (χ0) is 13.1. The summed E-state index contributed by atoms with van der Waals surface area (Å²) in [5.41, 5.74) is 3.20. The van der Waals surface area contributed by atoms with E-state index in [1.807, 2.05) is 24.9 Å². The van der Waals surface area contributed by atoms with Crippen molar-refractivity contribution in [2.24, 2.45) is 0 Å². The summed E-state index contributed by atoms with van der Waals surface area (Å²) < 4.78 is 11.5. The smallest absolute Gasteiger partial charge is 0.0916 e. The molecule has 0 bridgehead atoms. The lowest BCUT2D eigenvalue weighted by Gasteiger charge is -2.14. The third kappa shape index (κ3) is 2.62. The number of rotatable bonds is 5. The molecule has 7 heteroatoms. The Labute approximate surface area is 119 Å². The molecule has 5 nitrogen and oxygen atoms in total. The van der Waals surface area contributed by atoms with Crippen LogP contribution in [-0.2, 0) is 13.0 Å². The maximum absolute atomic E-state index is 4.51. The minimum Gasteiger partial charge on any atom is -0.311 e. The van der Waals surface area contributed by atoms with E-state index in [4.69, 9.17) is 0 Å². The minimum atomic E-state index is 0.168. The number of hydrogen-bond donors (Lipinski definition) is 1. The van der Waals surface area contributed by atoms with E-state index in [1.54, 1.807) is 0 Å². The van der Waals surface area contributed by atoms with Crippen molar-refractivity contribution in [3.05, 3.63) is 27.8 Å². The fourth-order valence-corrected chi connectivity index (χ4v) is 2.85. The van der Waals surface area contributed by atoms with Gasteiger partial charge in [-0.05, 0) is 36.8 Å². The molecule has 2 rings (SSSR count). The van der Waals surface area contributed by atoms with Gasteiger partial charge in [-0.15, -0.1) is 0 Å². The first-order chi connectivity index (χ1) is 8.67. The van der Waals surface area contributed by atoms with E-state index in [9.17, 15) is 0 Å². The van der Waals surface area contributed by atoms with Crippen molar-refractivity contribution < 1.29 is 0 Å². The number of aryl methyl sites for hydroxylation is 2. The summed E-state index contributed by atoms with van der Waals surface area (Å²) in [5, 5.41) is 7.79. The molecule has 0 saturated heterocycles. The Kier molecular flexibility index (Phi) is 4.47. The van der Waals surface area contributed by atoms with E-state index in [1.165, 1.54) is 17.4 Å². The predicted molar refractivity (Wildman–Crippen MR) is 75.8 cm³/mol. The minimum absolute atomic E-state index is 0.168. The highest BCUT2D eigenvalue weighted by Gasteiger charge is 2.19. The quantitative estimate of drug-likeness (QED) is 0.914. The van der Waals surface area contributed by atoms with Crippen LogP contribution in [0.1, 0.15) is 30.0 Å². The number of nitrogens with zero attached hydrogens (tertiary/aromatic N) is 4. The number of halogens is 1. The second-order valence-corrected chi connectivity index (χ2v) is 5.39. The van der Waals surface area contributed by atoms with Crippen molar-refractivity contribution in [1.29, 1.82) is 0 Å². The number of nitrogens with one attached hydrogen (secondary N) is 1.